The lowest BCUT2D eigenvalue weighted by atomic mass is 9.94. The van der Waals surface area contributed by atoms with Gasteiger partial charge in [-0.05, 0) is 70.5 Å². The Morgan fingerprint density at radius 3 is 2.47 bits per heavy atom. The van der Waals surface area contributed by atoms with E-state index < -0.39 is 11.4 Å². The van der Waals surface area contributed by atoms with Gasteiger partial charge in [0.1, 0.15) is 6.61 Å². The molecule has 0 fully saturated rings. The van der Waals surface area contributed by atoms with Crippen molar-refractivity contribution in [3.8, 4) is 28.6 Å². The highest BCUT2D eigenvalue weighted by molar-refractivity contribution is 5.74. The van der Waals surface area contributed by atoms with Gasteiger partial charge in [0.2, 0.25) is 5.88 Å². The van der Waals surface area contributed by atoms with Gasteiger partial charge in [0.05, 0.1) is 18.2 Å². The summed E-state index contributed by atoms with van der Waals surface area (Å²) in [6.45, 7) is 10.9. The number of hydrogen-bond donors (Lipinski definition) is 4. The number of benzene rings is 2. The SMILES string of the molecule is COc1ccc(CCNC[C@@H](C)c2c(OCC(C)(C)C(=O)O)n[nH]c2-c2cc(C)cc(C)c2)cc1O. The van der Waals surface area contributed by atoms with Crippen molar-refractivity contribution in [2.75, 3.05) is 26.8 Å². The molecule has 1 aromatic heterocycles. The average molecular weight is 496 g/mol. The minimum absolute atomic E-state index is 0.00752. The number of phenols is 1. The van der Waals surface area contributed by atoms with E-state index in [0.29, 0.717) is 18.2 Å². The highest BCUT2D eigenvalue weighted by atomic mass is 16.5. The van der Waals surface area contributed by atoms with Crippen LogP contribution in [-0.4, -0.2) is 53.2 Å². The van der Waals surface area contributed by atoms with Crippen molar-refractivity contribution in [2.24, 2.45) is 5.41 Å². The molecule has 2 aromatic carbocycles. The molecule has 3 rings (SSSR count). The fraction of sp³-hybridized carbons (Fsp3) is 0.429. The molecule has 0 amide bonds. The average Bonchev–Trinajstić information content (AvgIpc) is 3.24. The van der Waals surface area contributed by atoms with Crippen molar-refractivity contribution in [2.45, 2.75) is 47.0 Å². The second-order valence-corrected chi connectivity index (χ2v) is 10.0. The zero-order chi connectivity index (χ0) is 26.5. The molecule has 3 aromatic rings. The first-order chi connectivity index (χ1) is 17.0. The highest BCUT2D eigenvalue weighted by Crippen LogP contribution is 2.36. The normalized spacial score (nSPS) is 12.4. The Balaban J connectivity index is 1.77. The Morgan fingerprint density at radius 1 is 1.17 bits per heavy atom. The molecule has 36 heavy (non-hydrogen) atoms. The van der Waals surface area contributed by atoms with Crippen LogP contribution in [0.3, 0.4) is 0 Å². The topological polar surface area (TPSA) is 117 Å². The Labute approximate surface area is 212 Å². The first-order valence-electron chi connectivity index (χ1n) is 12.1. The molecule has 0 aliphatic rings. The van der Waals surface area contributed by atoms with Gasteiger partial charge in [-0.3, -0.25) is 9.89 Å². The number of aryl methyl sites for hydroxylation is 2. The number of carboxylic acid groups (broad SMARTS) is 1. The number of nitrogens with zero attached hydrogens (tertiary/aromatic N) is 1. The fourth-order valence-electron chi connectivity index (χ4n) is 4.10. The largest absolute Gasteiger partial charge is 0.504 e. The fourth-order valence-corrected chi connectivity index (χ4v) is 4.10. The summed E-state index contributed by atoms with van der Waals surface area (Å²) in [4.78, 5) is 11.6. The van der Waals surface area contributed by atoms with Gasteiger partial charge >= 0.3 is 5.97 Å². The number of aromatic nitrogens is 2. The molecule has 0 unspecified atom stereocenters. The molecule has 0 aliphatic carbocycles. The quantitative estimate of drug-likeness (QED) is 0.266. The molecule has 1 atom stereocenters. The maximum absolute atomic E-state index is 11.6. The van der Waals surface area contributed by atoms with E-state index >= 15 is 0 Å². The van der Waals surface area contributed by atoms with E-state index in [4.69, 9.17) is 9.47 Å². The number of carbonyl (C=O) groups is 1. The Kier molecular flexibility index (Phi) is 8.63. The van der Waals surface area contributed by atoms with Crippen LogP contribution in [0.1, 0.15) is 48.9 Å². The molecule has 4 N–H and O–H groups in total. The highest BCUT2D eigenvalue weighted by Gasteiger charge is 2.30. The van der Waals surface area contributed by atoms with Crippen LogP contribution in [0.25, 0.3) is 11.3 Å². The summed E-state index contributed by atoms with van der Waals surface area (Å²) >= 11 is 0. The number of nitrogens with one attached hydrogen (secondary N) is 2. The number of ether oxygens (including phenoxy) is 2. The lowest BCUT2D eigenvalue weighted by molar-refractivity contribution is -0.148. The first-order valence-corrected chi connectivity index (χ1v) is 12.1. The molecule has 8 nitrogen and oxygen atoms in total. The van der Waals surface area contributed by atoms with Gasteiger partial charge in [0.25, 0.3) is 0 Å². The number of aliphatic carboxylic acids is 1. The van der Waals surface area contributed by atoms with Crippen molar-refractivity contribution in [1.82, 2.24) is 15.5 Å². The number of aromatic hydroxyl groups is 1. The Hall–Kier alpha value is -3.52. The molecule has 1 heterocycles. The molecular formula is C28H37N3O5. The van der Waals surface area contributed by atoms with E-state index in [1.165, 1.54) is 7.11 Å². The molecule has 0 aliphatic heterocycles. The van der Waals surface area contributed by atoms with Crippen molar-refractivity contribution in [3.63, 3.8) is 0 Å². The summed E-state index contributed by atoms with van der Waals surface area (Å²) in [5.41, 5.74) is 5.06. The molecule has 8 heteroatoms. The third kappa shape index (κ3) is 6.57. The molecular weight excluding hydrogens is 458 g/mol. The van der Waals surface area contributed by atoms with Gasteiger partial charge in [0.15, 0.2) is 11.5 Å². The molecule has 0 radical (unpaired) electrons. The molecule has 0 bridgehead atoms. The van der Waals surface area contributed by atoms with Gasteiger partial charge in [-0.2, -0.15) is 0 Å². The van der Waals surface area contributed by atoms with Crippen LogP contribution >= 0.6 is 0 Å². The number of phenolic OH excluding ortho intramolecular Hbond substituents is 1. The lowest BCUT2D eigenvalue weighted by Gasteiger charge is -2.20. The van der Waals surface area contributed by atoms with E-state index in [1.54, 1.807) is 26.0 Å². The number of aromatic amines is 1. The Morgan fingerprint density at radius 2 is 1.86 bits per heavy atom. The van der Waals surface area contributed by atoms with Crippen LogP contribution in [0, 0.1) is 19.3 Å². The van der Waals surface area contributed by atoms with Gasteiger partial charge < -0.3 is 25.0 Å². The second-order valence-electron chi connectivity index (χ2n) is 10.0. The smallest absolute Gasteiger partial charge is 0.312 e. The minimum Gasteiger partial charge on any atom is -0.504 e. The van der Waals surface area contributed by atoms with Crippen LogP contribution in [0.4, 0.5) is 0 Å². The van der Waals surface area contributed by atoms with Crippen LogP contribution in [0.15, 0.2) is 36.4 Å². The van der Waals surface area contributed by atoms with Gasteiger partial charge in [0, 0.05) is 23.6 Å². The zero-order valence-corrected chi connectivity index (χ0v) is 21.9. The minimum atomic E-state index is -1.04. The summed E-state index contributed by atoms with van der Waals surface area (Å²) in [6.07, 6.45) is 0.746. The standard InChI is InChI=1S/C28H37N3O5/c1-17-11-18(2)13-21(12-17)25-24(26(31-30-25)36-16-28(4,5)27(33)34)19(3)15-29-10-9-20-7-8-23(35-6)22(32)14-20/h7-8,11-14,19,29,32H,9-10,15-16H2,1-6H3,(H,30,31)(H,33,34)/t19-/m1/s1. The van der Waals surface area contributed by atoms with E-state index in [2.05, 4.69) is 54.5 Å². The predicted molar refractivity (Wildman–Crippen MR) is 140 cm³/mol. The van der Waals surface area contributed by atoms with Gasteiger partial charge in [-0.1, -0.05) is 30.2 Å². The van der Waals surface area contributed by atoms with E-state index in [1.807, 2.05) is 6.07 Å². The second kappa shape index (κ2) is 11.5. The lowest BCUT2D eigenvalue weighted by Crippen LogP contribution is -2.31. The summed E-state index contributed by atoms with van der Waals surface area (Å²) < 4.78 is 11.1. The van der Waals surface area contributed by atoms with Crippen LogP contribution in [0.5, 0.6) is 17.4 Å². The van der Waals surface area contributed by atoms with Crippen molar-refractivity contribution >= 4 is 5.97 Å². The van der Waals surface area contributed by atoms with Gasteiger partial charge in [-0.25, -0.2) is 0 Å². The third-order valence-electron chi connectivity index (χ3n) is 6.21. The third-order valence-corrected chi connectivity index (χ3v) is 6.21. The summed E-state index contributed by atoms with van der Waals surface area (Å²) in [5.74, 6) is 0.122. The van der Waals surface area contributed by atoms with Crippen molar-refractivity contribution < 1.29 is 24.5 Å². The zero-order valence-electron chi connectivity index (χ0n) is 21.9. The van der Waals surface area contributed by atoms with Crippen LogP contribution < -0.4 is 14.8 Å². The summed E-state index contributed by atoms with van der Waals surface area (Å²) in [6, 6.07) is 11.7. The van der Waals surface area contributed by atoms with E-state index in [-0.39, 0.29) is 18.3 Å². The van der Waals surface area contributed by atoms with Crippen molar-refractivity contribution in [1.29, 1.82) is 0 Å². The van der Waals surface area contributed by atoms with Crippen LogP contribution in [-0.2, 0) is 11.2 Å². The molecule has 0 saturated carbocycles. The molecule has 194 valence electrons. The molecule has 0 saturated heterocycles. The number of hydrogen-bond acceptors (Lipinski definition) is 6. The molecule has 0 spiro atoms. The predicted octanol–water partition coefficient (Wildman–Crippen LogP) is 4.83. The number of carboxylic acids is 1. The summed E-state index contributed by atoms with van der Waals surface area (Å²) in [7, 11) is 1.53. The monoisotopic (exact) mass is 495 g/mol. The maximum atomic E-state index is 11.6. The van der Waals surface area contributed by atoms with E-state index in [9.17, 15) is 15.0 Å². The first kappa shape index (κ1) is 27.1. The van der Waals surface area contributed by atoms with E-state index in [0.717, 1.165) is 46.5 Å². The number of H-pyrrole nitrogens is 1. The maximum Gasteiger partial charge on any atom is 0.312 e. The van der Waals surface area contributed by atoms with Crippen LogP contribution in [0.2, 0.25) is 0 Å². The number of rotatable bonds is 12. The summed E-state index contributed by atoms with van der Waals surface area (Å²) in [5, 5.41) is 30.5. The van der Waals surface area contributed by atoms with Gasteiger partial charge in [-0.15, -0.1) is 5.10 Å². The number of methoxy groups -OCH3 is 1. The van der Waals surface area contributed by atoms with Crippen molar-refractivity contribution in [3.05, 3.63) is 58.7 Å². The Bertz CT molecular complexity index is 1180.